The van der Waals surface area contributed by atoms with E-state index in [4.69, 9.17) is 0 Å². The van der Waals surface area contributed by atoms with Crippen LogP contribution in [0, 0.1) is 13.8 Å². The van der Waals surface area contributed by atoms with Crippen molar-refractivity contribution >= 4 is 41.3 Å². The van der Waals surface area contributed by atoms with Crippen molar-refractivity contribution in [1.29, 1.82) is 0 Å². The first kappa shape index (κ1) is 23.4. The third-order valence-corrected chi connectivity index (χ3v) is 4.35. The van der Waals surface area contributed by atoms with Crippen molar-refractivity contribution in [2.24, 2.45) is 4.99 Å². The van der Waals surface area contributed by atoms with Gasteiger partial charge < -0.3 is 15.4 Å². The fourth-order valence-corrected chi connectivity index (χ4v) is 2.94. The highest BCUT2D eigenvalue weighted by molar-refractivity contribution is 14.0. The average molecular weight is 515 g/mol. The highest BCUT2D eigenvalue weighted by Gasteiger charge is 2.28. The Morgan fingerprint density at radius 2 is 1.93 bits per heavy atom. The third kappa shape index (κ3) is 8.28. The third-order valence-electron chi connectivity index (χ3n) is 3.28. The van der Waals surface area contributed by atoms with Crippen LogP contribution in [0.4, 0.5) is 13.2 Å². The summed E-state index contributed by atoms with van der Waals surface area (Å²) in [5, 5.41) is 7.33. The molecule has 0 atom stereocenters. The van der Waals surface area contributed by atoms with Gasteiger partial charge in [0.2, 0.25) is 5.88 Å². The predicted molar refractivity (Wildman–Crippen MR) is 110 cm³/mol. The quantitative estimate of drug-likeness (QED) is 0.350. The summed E-state index contributed by atoms with van der Waals surface area (Å²) in [4.78, 5) is 13.5. The summed E-state index contributed by atoms with van der Waals surface area (Å²) in [6.07, 6.45) is -2.92. The number of aryl methyl sites for hydroxylation is 2. The molecular formula is C16H21F3IN5OS. The molecule has 0 aliphatic carbocycles. The number of aromatic nitrogens is 2. The number of rotatable bonds is 6. The summed E-state index contributed by atoms with van der Waals surface area (Å²) in [5.74, 6) is 0.539. The van der Waals surface area contributed by atoms with Gasteiger partial charge >= 0.3 is 6.18 Å². The van der Waals surface area contributed by atoms with Crippen molar-refractivity contribution in [3.63, 3.8) is 0 Å². The zero-order chi connectivity index (χ0) is 19.2. The largest absolute Gasteiger partial charge is 0.468 e. The van der Waals surface area contributed by atoms with Gasteiger partial charge in [-0.2, -0.15) is 13.2 Å². The van der Waals surface area contributed by atoms with E-state index < -0.39 is 12.8 Å². The van der Waals surface area contributed by atoms with Crippen LogP contribution in [0.3, 0.4) is 0 Å². The number of nitrogens with one attached hydrogen (secondary N) is 2. The summed E-state index contributed by atoms with van der Waals surface area (Å²) < 4.78 is 40.9. The van der Waals surface area contributed by atoms with E-state index in [1.807, 2.05) is 13.8 Å². The van der Waals surface area contributed by atoms with Gasteiger partial charge in [-0.1, -0.05) is 6.07 Å². The number of alkyl halides is 3. The zero-order valence-corrected chi connectivity index (χ0v) is 18.2. The first-order valence-electron chi connectivity index (χ1n) is 7.78. The lowest BCUT2D eigenvalue weighted by Gasteiger charge is -2.12. The van der Waals surface area contributed by atoms with Crippen LogP contribution >= 0.6 is 35.3 Å². The van der Waals surface area contributed by atoms with Gasteiger partial charge in [0, 0.05) is 30.7 Å². The van der Waals surface area contributed by atoms with Crippen LogP contribution in [0.15, 0.2) is 23.3 Å². The van der Waals surface area contributed by atoms with Gasteiger partial charge in [0.1, 0.15) is 0 Å². The van der Waals surface area contributed by atoms with Gasteiger partial charge in [0.05, 0.1) is 17.2 Å². The standard InChI is InChI=1S/C16H20F3N5OS.HI/c1-10-13(26-11(2)24-10)8-23-15(20-3)22-7-12-4-5-14(21-6-12)25-9-16(17,18)19;/h4-6H,7-9H2,1-3H3,(H2,20,22,23);1H. The summed E-state index contributed by atoms with van der Waals surface area (Å²) in [7, 11) is 1.66. The molecule has 6 nitrogen and oxygen atoms in total. The Hall–Kier alpha value is -1.63. The second kappa shape index (κ2) is 10.6. The number of pyridine rings is 1. The molecule has 2 rings (SSSR count). The highest BCUT2D eigenvalue weighted by Crippen LogP contribution is 2.17. The lowest BCUT2D eigenvalue weighted by Crippen LogP contribution is -2.36. The van der Waals surface area contributed by atoms with E-state index in [1.165, 1.54) is 12.3 Å². The van der Waals surface area contributed by atoms with E-state index in [2.05, 4.69) is 30.3 Å². The summed E-state index contributed by atoms with van der Waals surface area (Å²) in [6.45, 7) is 3.60. The normalized spacial score (nSPS) is 11.7. The van der Waals surface area contributed by atoms with E-state index in [0.717, 1.165) is 21.1 Å². The Morgan fingerprint density at radius 1 is 1.22 bits per heavy atom. The van der Waals surface area contributed by atoms with Gasteiger partial charge in [-0.3, -0.25) is 4.99 Å². The molecule has 11 heteroatoms. The number of hydrogen-bond donors (Lipinski definition) is 2. The zero-order valence-electron chi connectivity index (χ0n) is 15.1. The molecule has 0 amide bonds. The highest BCUT2D eigenvalue weighted by atomic mass is 127. The number of hydrogen-bond acceptors (Lipinski definition) is 5. The van der Waals surface area contributed by atoms with Crippen LogP contribution in [0.5, 0.6) is 5.88 Å². The molecule has 2 heterocycles. The molecule has 0 saturated heterocycles. The predicted octanol–water partition coefficient (Wildman–Crippen LogP) is 3.58. The minimum Gasteiger partial charge on any atom is -0.468 e. The molecule has 0 aromatic carbocycles. The van der Waals surface area contributed by atoms with E-state index in [0.29, 0.717) is 19.0 Å². The minimum absolute atomic E-state index is 0. The topological polar surface area (TPSA) is 71.4 Å². The van der Waals surface area contributed by atoms with Crippen molar-refractivity contribution in [3.8, 4) is 5.88 Å². The molecule has 2 N–H and O–H groups in total. The van der Waals surface area contributed by atoms with Crippen molar-refractivity contribution in [2.45, 2.75) is 33.1 Å². The Kier molecular flexibility index (Phi) is 9.22. The SMILES string of the molecule is CN=C(NCc1ccc(OCC(F)(F)F)nc1)NCc1sc(C)nc1C.I. The molecule has 0 unspecified atom stereocenters. The van der Waals surface area contributed by atoms with E-state index >= 15 is 0 Å². The minimum atomic E-state index is -4.38. The molecule has 0 bridgehead atoms. The monoisotopic (exact) mass is 515 g/mol. The van der Waals surface area contributed by atoms with Gasteiger partial charge in [-0.15, -0.1) is 35.3 Å². The Labute approximate surface area is 176 Å². The van der Waals surface area contributed by atoms with Crippen molar-refractivity contribution < 1.29 is 17.9 Å². The fourth-order valence-electron chi connectivity index (χ4n) is 2.06. The number of nitrogens with zero attached hydrogens (tertiary/aromatic N) is 3. The van der Waals surface area contributed by atoms with Gasteiger partial charge in [-0.25, -0.2) is 9.97 Å². The van der Waals surface area contributed by atoms with Gasteiger partial charge in [0.25, 0.3) is 0 Å². The lowest BCUT2D eigenvalue weighted by atomic mass is 10.3. The maximum atomic E-state index is 12.1. The van der Waals surface area contributed by atoms with Crippen LogP contribution in [0.1, 0.15) is 21.1 Å². The average Bonchev–Trinajstić information content (AvgIpc) is 2.91. The summed E-state index contributed by atoms with van der Waals surface area (Å²) in [5.41, 5.74) is 1.78. The molecule has 0 aliphatic rings. The van der Waals surface area contributed by atoms with Gasteiger partial charge in [-0.05, 0) is 19.4 Å². The Bertz CT molecular complexity index is 750. The molecule has 27 heavy (non-hydrogen) atoms. The number of halogens is 4. The molecular weight excluding hydrogens is 494 g/mol. The molecule has 0 spiro atoms. The second-order valence-electron chi connectivity index (χ2n) is 5.43. The van der Waals surface area contributed by atoms with Gasteiger partial charge in [0.15, 0.2) is 12.6 Å². The van der Waals surface area contributed by atoms with E-state index in [9.17, 15) is 13.2 Å². The Morgan fingerprint density at radius 3 is 2.44 bits per heavy atom. The number of ether oxygens (including phenoxy) is 1. The Balaban J connectivity index is 0.00000364. The summed E-state index contributed by atoms with van der Waals surface area (Å²) >= 11 is 1.63. The van der Waals surface area contributed by atoms with Crippen LogP contribution in [-0.4, -0.2) is 35.8 Å². The molecule has 0 radical (unpaired) electrons. The number of aliphatic imine (C=N–C) groups is 1. The van der Waals surface area contributed by atoms with E-state index in [-0.39, 0.29) is 29.9 Å². The van der Waals surface area contributed by atoms with Crippen molar-refractivity contribution in [2.75, 3.05) is 13.7 Å². The first-order chi connectivity index (χ1) is 12.3. The van der Waals surface area contributed by atoms with Crippen LogP contribution in [0.2, 0.25) is 0 Å². The van der Waals surface area contributed by atoms with Crippen LogP contribution in [0.25, 0.3) is 0 Å². The second-order valence-corrected chi connectivity index (χ2v) is 6.72. The number of guanidine groups is 1. The number of thiazole rings is 1. The summed E-state index contributed by atoms with van der Waals surface area (Å²) in [6, 6.07) is 3.05. The molecule has 0 aliphatic heterocycles. The van der Waals surface area contributed by atoms with Crippen molar-refractivity contribution in [1.82, 2.24) is 20.6 Å². The maximum Gasteiger partial charge on any atom is 0.422 e. The smallest absolute Gasteiger partial charge is 0.422 e. The maximum absolute atomic E-state index is 12.1. The molecule has 150 valence electrons. The first-order valence-corrected chi connectivity index (χ1v) is 8.60. The molecule has 0 fully saturated rings. The van der Waals surface area contributed by atoms with E-state index in [1.54, 1.807) is 24.5 Å². The molecule has 0 saturated carbocycles. The fraction of sp³-hybridized carbons (Fsp3) is 0.438. The van der Waals surface area contributed by atoms with Crippen molar-refractivity contribution in [3.05, 3.63) is 39.5 Å². The molecule has 2 aromatic rings. The van der Waals surface area contributed by atoms with Crippen LogP contribution in [-0.2, 0) is 13.1 Å². The van der Waals surface area contributed by atoms with Crippen LogP contribution < -0.4 is 15.4 Å². The lowest BCUT2D eigenvalue weighted by molar-refractivity contribution is -0.154. The molecule has 2 aromatic heterocycles.